The molecule has 62 valence electrons. The maximum absolute atomic E-state index is 8.13. The van der Waals surface area contributed by atoms with Gasteiger partial charge in [0.1, 0.15) is 5.58 Å². The predicted molar refractivity (Wildman–Crippen MR) is 51.1 cm³/mol. The molecule has 0 unspecified atom stereocenters. The Morgan fingerprint density at radius 3 is 2.77 bits per heavy atom. The second-order valence-electron chi connectivity index (χ2n) is 2.41. The van der Waals surface area contributed by atoms with Crippen LogP contribution in [0, 0.1) is 0 Å². The third kappa shape index (κ3) is 1.94. The van der Waals surface area contributed by atoms with Gasteiger partial charge in [-0.3, -0.25) is 5.26 Å². The maximum atomic E-state index is 8.13. The minimum Gasteiger partial charge on any atom is -0.468 e. The molecule has 0 atom stereocenters. The fourth-order valence-corrected chi connectivity index (χ4v) is 1.11. The lowest BCUT2D eigenvalue weighted by atomic mass is 9.98. The van der Waals surface area contributed by atoms with Crippen LogP contribution in [0.4, 0.5) is 0 Å². The molecule has 2 rings (SSSR count). The first-order valence-electron chi connectivity index (χ1n) is 3.52. The van der Waals surface area contributed by atoms with Crippen molar-refractivity contribution in [2.24, 2.45) is 0 Å². The third-order valence-electron chi connectivity index (χ3n) is 1.61. The Morgan fingerprint density at radius 1 is 1.31 bits per heavy atom. The van der Waals surface area contributed by atoms with E-state index in [1.165, 1.54) is 0 Å². The van der Waals surface area contributed by atoms with E-state index < -0.39 is 0 Å². The minimum atomic E-state index is 0. The zero-order valence-electron chi connectivity index (χ0n) is 6.81. The molecule has 1 aromatic carbocycles. The first-order chi connectivity index (χ1) is 5.90. The molecule has 4 radical (unpaired) electrons. The van der Waals surface area contributed by atoms with E-state index in [4.69, 9.17) is 9.67 Å². The smallest absolute Gasteiger partial charge is 0.424 e. The van der Waals surface area contributed by atoms with Gasteiger partial charge in [-0.05, 0) is 12.1 Å². The molecule has 0 aliphatic heterocycles. The van der Waals surface area contributed by atoms with E-state index in [0.29, 0.717) is 5.66 Å². The van der Waals surface area contributed by atoms with Crippen molar-refractivity contribution in [3.8, 4) is 0 Å². The fourth-order valence-electron chi connectivity index (χ4n) is 1.11. The highest BCUT2D eigenvalue weighted by Crippen LogP contribution is 2.11. The number of hydrogen-bond acceptors (Lipinski definition) is 3. The van der Waals surface area contributed by atoms with Gasteiger partial charge in [-0.15, -0.1) is 0 Å². The highest BCUT2D eigenvalue weighted by Gasteiger charge is 2.04. The standard InChI is InChI=1S/C8H6BO3.B/c10-12-9-8-5-6-3-1-2-4-7(6)11-8;/h1-5,10H;. The molecule has 13 heavy (non-hydrogen) atoms. The van der Waals surface area contributed by atoms with Crippen molar-refractivity contribution in [3.05, 3.63) is 30.3 Å². The summed E-state index contributed by atoms with van der Waals surface area (Å²) in [5.41, 5.74) is 1.28. The number of benzene rings is 1. The Hall–Kier alpha value is -1.19. The van der Waals surface area contributed by atoms with Crippen molar-refractivity contribution in [1.82, 2.24) is 0 Å². The number of hydrogen-bond donors (Lipinski definition) is 1. The Bertz CT molecular complexity index is 353. The van der Waals surface area contributed by atoms with Crippen LogP contribution in [0.1, 0.15) is 0 Å². The van der Waals surface area contributed by atoms with Crippen molar-refractivity contribution < 1.29 is 14.5 Å². The van der Waals surface area contributed by atoms with Crippen LogP contribution in [0.25, 0.3) is 11.0 Å². The van der Waals surface area contributed by atoms with Crippen LogP contribution in [0.2, 0.25) is 0 Å². The molecule has 3 nitrogen and oxygen atoms in total. The largest absolute Gasteiger partial charge is 0.468 e. The molecule has 1 heterocycles. The van der Waals surface area contributed by atoms with Gasteiger partial charge in [0.15, 0.2) is 0 Å². The first-order valence-corrected chi connectivity index (χ1v) is 3.52. The van der Waals surface area contributed by atoms with E-state index in [9.17, 15) is 0 Å². The molecular weight excluding hydrogens is 166 g/mol. The molecule has 0 amide bonds. The van der Waals surface area contributed by atoms with Gasteiger partial charge in [-0.2, -0.15) is 0 Å². The summed E-state index contributed by atoms with van der Waals surface area (Å²) in [5, 5.41) is 9.12. The fraction of sp³-hybridized carbons (Fsp3) is 0. The maximum Gasteiger partial charge on any atom is 0.424 e. The van der Waals surface area contributed by atoms with Crippen molar-refractivity contribution in [2.75, 3.05) is 0 Å². The van der Waals surface area contributed by atoms with Gasteiger partial charge in [0, 0.05) is 13.8 Å². The molecule has 0 saturated carbocycles. The van der Waals surface area contributed by atoms with E-state index in [1.807, 2.05) is 24.3 Å². The minimum absolute atomic E-state index is 0. The summed E-state index contributed by atoms with van der Waals surface area (Å²) in [6.45, 7) is 0. The summed E-state index contributed by atoms with van der Waals surface area (Å²) in [5.74, 6) is 0. The van der Waals surface area contributed by atoms with Crippen LogP contribution < -0.4 is 5.66 Å². The topological polar surface area (TPSA) is 42.6 Å². The molecule has 0 aliphatic carbocycles. The highest BCUT2D eigenvalue weighted by atomic mass is 17.1. The number of rotatable bonds is 2. The zero-order valence-corrected chi connectivity index (χ0v) is 6.81. The molecule has 0 saturated heterocycles. The quantitative estimate of drug-likeness (QED) is 0.413. The average molecular weight is 172 g/mol. The lowest BCUT2D eigenvalue weighted by Gasteiger charge is -1.85. The van der Waals surface area contributed by atoms with Crippen molar-refractivity contribution in [3.63, 3.8) is 0 Å². The van der Waals surface area contributed by atoms with Gasteiger partial charge in [0.25, 0.3) is 0 Å². The first kappa shape index (κ1) is 9.89. The molecule has 5 heteroatoms. The van der Waals surface area contributed by atoms with E-state index >= 15 is 0 Å². The number of para-hydroxylation sites is 1. The summed E-state index contributed by atoms with van der Waals surface area (Å²) >= 11 is 0. The number of furan rings is 1. The lowest BCUT2D eigenvalue weighted by Crippen LogP contribution is -2.12. The molecule has 0 fully saturated rings. The van der Waals surface area contributed by atoms with E-state index in [-0.39, 0.29) is 8.41 Å². The van der Waals surface area contributed by atoms with E-state index in [0.717, 1.165) is 18.5 Å². The Balaban J connectivity index is 0.000000845. The Kier molecular flexibility index (Phi) is 3.17. The molecule has 0 bridgehead atoms. The molecule has 2 aromatic rings. The van der Waals surface area contributed by atoms with Gasteiger partial charge >= 0.3 is 7.48 Å². The van der Waals surface area contributed by atoms with Crippen LogP contribution in [0.5, 0.6) is 0 Å². The van der Waals surface area contributed by atoms with E-state index in [1.54, 1.807) is 6.07 Å². The average Bonchev–Trinajstić information content (AvgIpc) is 2.47. The second kappa shape index (κ2) is 4.16. The summed E-state index contributed by atoms with van der Waals surface area (Å²) in [6, 6.07) is 9.36. The van der Waals surface area contributed by atoms with E-state index in [2.05, 4.69) is 4.81 Å². The van der Waals surface area contributed by atoms with Crippen LogP contribution in [0.3, 0.4) is 0 Å². The van der Waals surface area contributed by atoms with Crippen molar-refractivity contribution in [1.29, 1.82) is 0 Å². The molecule has 0 aliphatic rings. The second-order valence-corrected chi connectivity index (χ2v) is 2.41. The monoisotopic (exact) mass is 172 g/mol. The van der Waals surface area contributed by atoms with Crippen molar-refractivity contribution in [2.45, 2.75) is 0 Å². The van der Waals surface area contributed by atoms with Gasteiger partial charge in [0.2, 0.25) is 0 Å². The molecule has 1 N–H and O–H groups in total. The zero-order chi connectivity index (χ0) is 8.39. The van der Waals surface area contributed by atoms with Crippen LogP contribution >= 0.6 is 0 Å². The van der Waals surface area contributed by atoms with Gasteiger partial charge < -0.3 is 9.22 Å². The summed E-state index contributed by atoms with van der Waals surface area (Å²) < 4.78 is 5.27. The Labute approximate surface area is 78.1 Å². The predicted octanol–water partition coefficient (Wildman–Crippen LogP) is 0.786. The van der Waals surface area contributed by atoms with Crippen LogP contribution in [0.15, 0.2) is 34.7 Å². The normalized spacial score (nSPS) is 9.62. The van der Waals surface area contributed by atoms with Gasteiger partial charge in [0.05, 0.1) is 5.66 Å². The summed E-state index contributed by atoms with van der Waals surface area (Å²) in [7, 11) is 1.14. The van der Waals surface area contributed by atoms with Gasteiger partial charge in [-0.25, -0.2) is 0 Å². The molecule has 1 aromatic heterocycles. The molecule has 0 spiro atoms. The number of fused-ring (bicyclic) bond motifs is 1. The van der Waals surface area contributed by atoms with Gasteiger partial charge in [-0.1, -0.05) is 18.2 Å². The summed E-state index contributed by atoms with van der Waals surface area (Å²) in [4.78, 5) is 3.84. The summed E-state index contributed by atoms with van der Waals surface area (Å²) in [6.07, 6.45) is 0. The van der Waals surface area contributed by atoms with Crippen LogP contribution in [-0.2, 0) is 4.81 Å². The lowest BCUT2D eigenvalue weighted by molar-refractivity contribution is -0.136. The highest BCUT2D eigenvalue weighted by molar-refractivity contribution is 6.45. The van der Waals surface area contributed by atoms with Crippen molar-refractivity contribution >= 4 is 32.5 Å². The third-order valence-corrected chi connectivity index (χ3v) is 1.61. The SMILES string of the molecule is OO[B]c1cc2ccccc2o1.[B]. The Morgan fingerprint density at radius 2 is 2.08 bits per heavy atom. The molecular formula is C8H6B2O3. The van der Waals surface area contributed by atoms with Crippen LogP contribution in [-0.4, -0.2) is 21.2 Å².